The Kier molecular flexibility index (Phi) is 4.83. The Balaban J connectivity index is 2.54. The van der Waals surface area contributed by atoms with Crippen molar-refractivity contribution in [2.24, 2.45) is 0 Å². The molecule has 1 aromatic carbocycles. The van der Waals surface area contributed by atoms with Gasteiger partial charge >= 0.3 is 5.97 Å². The first-order valence-electron chi connectivity index (χ1n) is 7.52. The fourth-order valence-corrected chi connectivity index (χ4v) is 2.65. The van der Waals surface area contributed by atoms with Gasteiger partial charge < -0.3 is 15.0 Å². The Morgan fingerprint density at radius 2 is 2.05 bits per heavy atom. The number of carbonyl (C=O) groups excluding carboxylic acids is 1. The smallest absolute Gasteiger partial charge is 0.326 e. The molecule has 0 aliphatic heterocycles. The van der Waals surface area contributed by atoms with Crippen LogP contribution in [-0.4, -0.2) is 22.1 Å². The molecule has 0 aliphatic rings. The van der Waals surface area contributed by atoms with E-state index in [4.69, 9.17) is 15.5 Å². The van der Waals surface area contributed by atoms with Gasteiger partial charge in [-0.2, -0.15) is 0 Å². The molecule has 2 N–H and O–H groups in total. The highest BCUT2D eigenvalue weighted by atomic mass is 16.5. The summed E-state index contributed by atoms with van der Waals surface area (Å²) in [6, 6.07) is 5.67. The molecule has 21 heavy (non-hydrogen) atoms. The zero-order chi connectivity index (χ0) is 15.4. The van der Waals surface area contributed by atoms with E-state index in [0.29, 0.717) is 18.2 Å². The van der Waals surface area contributed by atoms with Gasteiger partial charge in [-0.1, -0.05) is 19.9 Å². The van der Waals surface area contributed by atoms with E-state index >= 15 is 0 Å². The van der Waals surface area contributed by atoms with Gasteiger partial charge in [0.2, 0.25) is 0 Å². The molecule has 2 aromatic rings. The maximum atomic E-state index is 11.9. The summed E-state index contributed by atoms with van der Waals surface area (Å²) in [6.45, 7) is 6.63. The number of nitrogens with two attached hydrogens (primary N) is 1. The standard InChI is InChI=1S/C16H23N3O2/c1-4-11(5-2)16-18-15-12(17)8-7-9-13(15)19(16)10-14(20)21-6-3/h7-9,11H,4-6,10,17H2,1-3H3. The summed E-state index contributed by atoms with van der Waals surface area (Å²) in [5.74, 6) is 0.985. The quantitative estimate of drug-likeness (QED) is 0.655. The van der Waals surface area contributed by atoms with Crippen molar-refractivity contribution in [1.82, 2.24) is 9.55 Å². The molecule has 1 heterocycles. The first kappa shape index (κ1) is 15.4. The molecule has 0 unspecified atom stereocenters. The topological polar surface area (TPSA) is 70.1 Å². The maximum absolute atomic E-state index is 11.9. The predicted molar refractivity (Wildman–Crippen MR) is 84.1 cm³/mol. The summed E-state index contributed by atoms with van der Waals surface area (Å²) in [4.78, 5) is 16.6. The second-order valence-corrected chi connectivity index (χ2v) is 5.09. The fourth-order valence-electron chi connectivity index (χ4n) is 2.65. The third-order valence-corrected chi connectivity index (χ3v) is 3.78. The number of para-hydroxylation sites is 1. The van der Waals surface area contributed by atoms with Gasteiger partial charge in [-0.15, -0.1) is 0 Å². The van der Waals surface area contributed by atoms with Crippen molar-refractivity contribution in [3.05, 3.63) is 24.0 Å². The van der Waals surface area contributed by atoms with Gasteiger partial charge in [0, 0.05) is 5.92 Å². The fraction of sp³-hybridized carbons (Fsp3) is 0.500. The molecule has 0 saturated heterocycles. The van der Waals surface area contributed by atoms with Crippen molar-refractivity contribution < 1.29 is 9.53 Å². The van der Waals surface area contributed by atoms with Gasteiger partial charge in [0.15, 0.2) is 0 Å². The zero-order valence-corrected chi connectivity index (χ0v) is 12.9. The Bertz CT molecular complexity index is 630. The van der Waals surface area contributed by atoms with E-state index in [2.05, 4.69) is 13.8 Å². The summed E-state index contributed by atoms with van der Waals surface area (Å²) in [7, 11) is 0. The van der Waals surface area contributed by atoms with Crippen LogP contribution in [0.15, 0.2) is 18.2 Å². The molecule has 114 valence electrons. The minimum Gasteiger partial charge on any atom is -0.465 e. The normalized spacial score (nSPS) is 11.2. The number of benzene rings is 1. The number of anilines is 1. The summed E-state index contributed by atoms with van der Waals surface area (Å²) in [6.07, 6.45) is 1.95. The molecule has 0 bridgehead atoms. The number of nitrogen functional groups attached to an aromatic ring is 1. The van der Waals surface area contributed by atoms with Gasteiger partial charge in [0.05, 0.1) is 17.8 Å². The average Bonchev–Trinajstić information content (AvgIpc) is 2.81. The lowest BCUT2D eigenvalue weighted by Gasteiger charge is -2.15. The van der Waals surface area contributed by atoms with E-state index in [9.17, 15) is 4.79 Å². The highest BCUT2D eigenvalue weighted by Crippen LogP contribution is 2.29. The van der Waals surface area contributed by atoms with Crippen LogP contribution >= 0.6 is 0 Å². The highest BCUT2D eigenvalue weighted by Gasteiger charge is 2.20. The molecule has 0 saturated carbocycles. The van der Waals surface area contributed by atoms with Crippen LogP contribution in [0, 0.1) is 0 Å². The number of fused-ring (bicyclic) bond motifs is 1. The summed E-state index contributed by atoms with van der Waals surface area (Å²) >= 11 is 0. The molecule has 0 spiro atoms. The van der Waals surface area contributed by atoms with Crippen molar-refractivity contribution >= 4 is 22.7 Å². The van der Waals surface area contributed by atoms with Gasteiger partial charge in [-0.05, 0) is 31.9 Å². The van der Waals surface area contributed by atoms with Crippen LogP contribution in [0.4, 0.5) is 5.69 Å². The second kappa shape index (κ2) is 6.61. The van der Waals surface area contributed by atoms with Crippen LogP contribution < -0.4 is 5.73 Å². The molecule has 0 atom stereocenters. The average molecular weight is 289 g/mol. The van der Waals surface area contributed by atoms with Crippen molar-refractivity contribution in [1.29, 1.82) is 0 Å². The third-order valence-electron chi connectivity index (χ3n) is 3.78. The second-order valence-electron chi connectivity index (χ2n) is 5.09. The first-order valence-corrected chi connectivity index (χ1v) is 7.52. The number of carbonyl (C=O) groups is 1. The number of esters is 1. The minimum atomic E-state index is -0.244. The van der Waals surface area contributed by atoms with Crippen LogP contribution in [-0.2, 0) is 16.1 Å². The van der Waals surface area contributed by atoms with Crippen LogP contribution in [0.25, 0.3) is 11.0 Å². The van der Waals surface area contributed by atoms with Crippen LogP contribution in [0.2, 0.25) is 0 Å². The number of ether oxygens (including phenoxy) is 1. The first-order chi connectivity index (χ1) is 10.1. The van der Waals surface area contributed by atoms with Crippen molar-refractivity contribution in [3.63, 3.8) is 0 Å². The number of imidazole rings is 1. The molecule has 0 radical (unpaired) electrons. The van der Waals surface area contributed by atoms with Crippen LogP contribution in [0.1, 0.15) is 45.4 Å². The Morgan fingerprint density at radius 1 is 1.33 bits per heavy atom. The van der Waals surface area contributed by atoms with Gasteiger partial charge in [0.25, 0.3) is 0 Å². The van der Waals surface area contributed by atoms with E-state index in [0.717, 1.165) is 29.7 Å². The van der Waals surface area contributed by atoms with Crippen LogP contribution in [0.3, 0.4) is 0 Å². The maximum Gasteiger partial charge on any atom is 0.326 e. The monoisotopic (exact) mass is 289 g/mol. The lowest BCUT2D eigenvalue weighted by Crippen LogP contribution is -2.17. The summed E-state index contributed by atoms with van der Waals surface area (Å²) < 4.78 is 7.02. The third kappa shape index (κ3) is 3.01. The van der Waals surface area contributed by atoms with E-state index < -0.39 is 0 Å². The number of rotatable bonds is 6. The molecule has 1 aromatic heterocycles. The largest absolute Gasteiger partial charge is 0.465 e. The summed E-state index contributed by atoms with van der Waals surface area (Å²) in [5.41, 5.74) is 8.32. The molecule has 5 heteroatoms. The Morgan fingerprint density at radius 3 is 2.67 bits per heavy atom. The van der Waals surface area contributed by atoms with Crippen LogP contribution in [0.5, 0.6) is 0 Å². The van der Waals surface area contributed by atoms with Crippen molar-refractivity contribution in [3.8, 4) is 0 Å². The molecule has 2 rings (SSSR count). The zero-order valence-electron chi connectivity index (χ0n) is 12.9. The highest BCUT2D eigenvalue weighted by molar-refractivity contribution is 5.88. The number of aromatic nitrogens is 2. The SMILES string of the molecule is CCOC(=O)Cn1c(C(CC)CC)nc2c(N)cccc21. The number of hydrogen-bond donors (Lipinski definition) is 1. The Hall–Kier alpha value is -2.04. The minimum absolute atomic E-state index is 0.180. The predicted octanol–water partition coefficient (Wildman–Crippen LogP) is 3.09. The van der Waals surface area contributed by atoms with Crippen molar-refractivity contribution in [2.75, 3.05) is 12.3 Å². The lowest BCUT2D eigenvalue weighted by molar-refractivity contribution is -0.143. The molecule has 0 aliphatic carbocycles. The van der Waals surface area contributed by atoms with E-state index in [1.807, 2.05) is 29.7 Å². The molecular weight excluding hydrogens is 266 g/mol. The lowest BCUT2D eigenvalue weighted by atomic mass is 10.0. The van der Waals surface area contributed by atoms with Gasteiger partial charge in [-0.25, -0.2) is 4.98 Å². The van der Waals surface area contributed by atoms with Crippen molar-refractivity contribution in [2.45, 2.75) is 46.1 Å². The number of hydrogen-bond acceptors (Lipinski definition) is 4. The Labute approximate surface area is 125 Å². The van der Waals surface area contributed by atoms with E-state index in [-0.39, 0.29) is 12.5 Å². The van der Waals surface area contributed by atoms with Gasteiger partial charge in [-0.3, -0.25) is 4.79 Å². The summed E-state index contributed by atoms with van der Waals surface area (Å²) in [5, 5.41) is 0. The van der Waals surface area contributed by atoms with E-state index in [1.165, 1.54) is 0 Å². The molecule has 0 amide bonds. The molecule has 0 fully saturated rings. The van der Waals surface area contributed by atoms with E-state index in [1.54, 1.807) is 0 Å². The number of nitrogens with zero attached hydrogens (tertiary/aromatic N) is 2. The molecular formula is C16H23N3O2. The molecule has 5 nitrogen and oxygen atoms in total. The van der Waals surface area contributed by atoms with Gasteiger partial charge in [0.1, 0.15) is 17.9 Å².